The first kappa shape index (κ1) is 15.5. The van der Waals surface area contributed by atoms with Gasteiger partial charge >= 0.3 is 0 Å². The van der Waals surface area contributed by atoms with Crippen molar-refractivity contribution in [1.82, 2.24) is 5.43 Å². The van der Waals surface area contributed by atoms with Gasteiger partial charge in [0.1, 0.15) is 0 Å². The maximum atomic E-state index is 12.1. The van der Waals surface area contributed by atoms with Gasteiger partial charge in [-0.25, -0.2) is 5.43 Å². The second kappa shape index (κ2) is 6.78. The van der Waals surface area contributed by atoms with Crippen LogP contribution in [0, 0.1) is 5.92 Å². The van der Waals surface area contributed by atoms with Crippen molar-refractivity contribution in [2.75, 3.05) is 0 Å². The molecule has 1 saturated carbocycles. The molecule has 1 aliphatic carbocycles. The van der Waals surface area contributed by atoms with Crippen LogP contribution in [0.25, 0.3) is 0 Å². The first-order valence-corrected chi connectivity index (χ1v) is 8.13. The maximum absolute atomic E-state index is 12.1. The first-order valence-electron chi connectivity index (χ1n) is 8.13. The lowest BCUT2D eigenvalue weighted by Gasteiger charge is -2.04. The molecule has 0 radical (unpaired) electrons. The van der Waals surface area contributed by atoms with Gasteiger partial charge in [0, 0.05) is 5.92 Å². The van der Waals surface area contributed by atoms with Gasteiger partial charge in [-0.2, -0.15) is 5.10 Å². The van der Waals surface area contributed by atoms with Crippen LogP contribution < -0.4 is 5.43 Å². The smallest absolute Gasteiger partial charge is 0.243 e. The summed E-state index contributed by atoms with van der Waals surface area (Å²) in [7, 11) is 0. The van der Waals surface area contributed by atoms with E-state index in [0.717, 1.165) is 12.0 Å². The van der Waals surface area contributed by atoms with Crippen LogP contribution >= 0.6 is 0 Å². The number of hydrogen-bond donors (Lipinski definition) is 1. The summed E-state index contributed by atoms with van der Waals surface area (Å²) < 4.78 is 0. The summed E-state index contributed by atoms with van der Waals surface area (Å²) >= 11 is 0. The molecular weight excluding hydrogens is 284 g/mol. The van der Waals surface area contributed by atoms with Crippen molar-refractivity contribution in [2.24, 2.45) is 11.0 Å². The van der Waals surface area contributed by atoms with Crippen LogP contribution in [0.1, 0.15) is 48.8 Å². The molecule has 2 aromatic rings. The molecule has 1 fully saturated rings. The van der Waals surface area contributed by atoms with Gasteiger partial charge in [0.15, 0.2) is 0 Å². The molecule has 1 aliphatic rings. The molecule has 0 unspecified atom stereocenters. The number of carbonyl (C=O) groups excluding carboxylic acids is 1. The second-order valence-corrected chi connectivity index (χ2v) is 6.41. The van der Waals surface area contributed by atoms with Crippen LogP contribution in [0.5, 0.6) is 0 Å². The van der Waals surface area contributed by atoms with E-state index in [2.05, 4.69) is 48.6 Å². The highest BCUT2D eigenvalue weighted by molar-refractivity contribution is 5.85. The summed E-state index contributed by atoms with van der Waals surface area (Å²) in [5, 5.41) is 4.08. The second-order valence-electron chi connectivity index (χ2n) is 6.41. The Labute approximate surface area is 137 Å². The van der Waals surface area contributed by atoms with E-state index in [4.69, 9.17) is 0 Å². The van der Waals surface area contributed by atoms with Gasteiger partial charge in [0.25, 0.3) is 0 Å². The Kier molecular flexibility index (Phi) is 4.56. The van der Waals surface area contributed by atoms with Gasteiger partial charge in [0.2, 0.25) is 5.91 Å². The summed E-state index contributed by atoms with van der Waals surface area (Å²) in [6.07, 6.45) is 2.61. The summed E-state index contributed by atoms with van der Waals surface area (Å²) in [5.74, 6) is 0.925. The van der Waals surface area contributed by atoms with Crippen LogP contribution in [0.15, 0.2) is 59.7 Å². The molecular formula is C20H22N2O. The molecule has 3 heteroatoms. The molecule has 0 spiro atoms. The zero-order chi connectivity index (χ0) is 16.2. The van der Waals surface area contributed by atoms with Crippen LogP contribution in [0.4, 0.5) is 0 Å². The molecule has 3 nitrogen and oxygen atoms in total. The fourth-order valence-electron chi connectivity index (χ4n) is 2.77. The van der Waals surface area contributed by atoms with Gasteiger partial charge < -0.3 is 0 Å². The summed E-state index contributed by atoms with van der Waals surface area (Å²) in [5.41, 5.74) is 6.19. The predicted octanol–water partition coefficient (Wildman–Crippen LogP) is 4.06. The van der Waals surface area contributed by atoms with Gasteiger partial charge in [-0.3, -0.25) is 4.79 Å². The molecule has 0 saturated heterocycles. The molecule has 0 aliphatic heterocycles. The van der Waals surface area contributed by atoms with Gasteiger partial charge in [-0.05, 0) is 34.9 Å². The molecule has 1 N–H and O–H groups in total. The third-order valence-electron chi connectivity index (χ3n) is 4.35. The van der Waals surface area contributed by atoms with Gasteiger partial charge in [0.05, 0.1) is 6.21 Å². The van der Waals surface area contributed by atoms with E-state index in [-0.39, 0.29) is 11.8 Å². The number of amides is 1. The molecule has 1 amide bonds. The van der Waals surface area contributed by atoms with E-state index >= 15 is 0 Å². The number of nitrogens with zero attached hydrogens (tertiary/aromatic N) is 1. The lowest BCUT2D eigenvalue weighted by Crippen LogP contribution is -2.20. The molecule has 118 valence electrons. The van der Waals surface area contributed by atoms with E-state index in [1.165, 1.54) is 11.1 Å². The topological polar surface area (TPSA) is 41.5 Å². The van der Waals surface area contributed by atoms with Crippen molar-refractivity contribution in [2.45, 2.75) is 32.1 Å². The lowest BCUT2D eigenvalue weighted by molar-refractivity contribution is -0.122. The average Bonchev–Trinajstić information content (AvgIpc) is 3.37. The zero-order valence-corrected chi connectivity index (χ0v) is 13.6. The Bertz CT molecular complexity index is 689. The van der Waals surface area contributed by atoms with E-state index in [1.54, 1.807) is 6.21 Å². The standard InChI is InChI=1S/C20H22N2O/c1-14(2)16-10-8-15(9-11-16)13-21-22-20(23)19-12-18(19)17-6-4-3-5-7-17/h3-11,13-14,18-19H,12H2,1-2H3,(H,22,23)/b21-13-/t18-,19+/m0/s1. The quantitative estimate of drug-likeness (QED) is 0.657. The number of rotatable bonds is 5. The summed E-state index contributed by atoms with van der Waals surface area (Å²) in [6.45, 7) is 4.34. The first-order chi connectivity index (χ1) is 11.1. The highest BCUT2D eigenvalue weighted by Gasteiger charge is 2.43. The van der Waals surface area contributed by atoms with Crippen molar-refractivity contribution >= 4 is 12.1 Å². The van der Waals surface area contributed by atoms with Gasteiger partial charge in [-0.15, -0.1) is 0 Å². The number of nitrogens with one attached hydrogen (secondary N) is 1. The van der Waals surface area contributed by atoms with Crippen molar-refractivity contribution in [1.29, 1.82) is 0 Å². The molecule has 23 heavy (non-hydrogen) atoms. The van der Waals surface area contributed by atoms with Crippen LogP contribution in [0.2, 0.25) is 0 Å². The number of hydrogen-bond acceptors (Lipinski definition) is 2. The minimum Gasteiger partial charge on any atom is -0.273 e. The zero-order valence-electron chi connectivity index (χ0n) is 13.6. The molecule has 2 atom stereocenters. The average molecular weight is 306 g/mol. The molecule has 0 heterocycles. The van der Waals surface area contributed by atoms with E-state index in [9.17, 15) is 4.79 Å². The largest absolute Gasteiger partial charge is 0.273 e. The Hall–Kier alpha value is -2.42. The molecule has 2 aromatic carbocycles. The number of hydrazone groups is 1. The Balaban J connectivity index is 1.51. The minimum atomic E-state index is 0.00824. The van der Waals surface area contributed by atoms with E-state index in [0.29, 0.717) is 11.8 Å². The molecule has 0 aromatic heterocycles. The fraction of sp³-hybridized carbons (Fsp3) is 0.300. The number of carbonyl (C=O) groups is 1. The highest BCUT2D eigenvalue weighted by Crippen LogP contribution is 2.47. The summed E-state index contributed by atoms with van der Waals surface area (Å²) in [6, 6.07) is 18.4. The SMILES string of the molecule is CC(C)c1ccc(/C=N\NC(=O)[C@@H]2C[C@H]2c2ccccc2)cc1. The van der Waals surface area contributed by atoms with Crippen LogP contribution in [0.3, 0.4) is 0 Å². The minimum absolute atomic E-state index is 0.00824. The number of benzene rings is 2. The monoisotopic (exact) mass is 306 g/mol. The Morgan fingerprint density at radius 1 is 1.13 bits per heavy atom. The lowest BCUT2D eigenvalue weighted by atomic mass is 10.0. The van der Waals surface area contributed by atoms with E-state index < -0.39 is 0 Å². The third-order valence-corrected chi connectivity index (χ3v) is 4.35. The van der Waals surface area contributed by atoms with Crippen molar-refractivity contribution in [3.8, 4) is 0 Å². The van der Waals surface area contributed by atoms with Crippen molar-refractivity contribution in [3.63, 3.8) is 0 Å². The third kappa shape index (κ3) is 3.86. The fourth-order valence-corrected chi connectivity index (χ4v) is 2.77. The van der Waals surface area contributed by atoms with Crippen LogP contribution in [-0.4, -0.2) is 12.1 Å². The van der Waals surface area contributed by atoms with Crippen LogP contribution in [-0.2, 0) is 4.79 Å². The van der Waals surface area contributed by atoms with Gasteiger partial charge in [-0.1, -0.05) is 68.4 Å². The predicted molar refractivity (Wildman–Crippen MR) is 93.6 cm³/mol. The Morgan fingerprint density at radius 3 is 2.48 bits per heavy atom. The highest BCUT2D eigenvalue weighted by atomic mass is 16.2. The normalized spacial score (nSPS) is 20.0. The maximum Gasteiger partial charge on any atom is 0.243 e. The Morgan fingerprint density at radius 2 is 1.83 bits per heavy atom. The van der Waals surface area contributed by atoms with Crippen molar-refractivity contribution in [3.05, 3.63) is 71.3 Å². The summed E-state index contributed by atoms with van der Waals surface area (Å²) in [4.78, 5) is 12.1. The molecule has 3 rings (SSSR count). The van der Waals surface area contributed by atoms with Crippen molar-refractivity contribution < 1.29 is 4.79 Å². The van der Waals surface area contributed by atoms with E-state index in [1.807, 2.05) is 30.3 Å². The molecule has 0 bridgehead atoms.